The van der Waals surface area contributed by atoms with E-state index in [1.54, 1.807) is 13.0 Å². The normalized spacial score (nSPS) is 9.55. The van der Waals surface area contributed by atoms with Crippen molar-refractivity contribution in [3.63, 3.8) is 0 Å². The second-order valence-corrected chi connectivity index (χ2v) is 2.08. The minimum atomic E-state index is -0.0147. The van der Waals surface area contributed by atoms with Crippen LogP contribution in [0.25, 0.3) is 0 Å². The Kier molecular flexibility index (Phi) is 2.15. The SMILES string of the molecule is CCC(=O)c1ccnc(N)n1. The van der Waals surface area contributed by atoms with E-state index >= 15 is 0 Å². The van der Waals surface area contributed by atoms with Crippen molar-refractivity contribution in [2.24, 2.45) is 0 Å². The number of ketones is 1. The number of aromatic nitrogens is 2. The van der Waals surface area contributed by atoms with Crippen LogP contribution >= 0.6 is 0 Å². The number of carbonyl (C=O) groups is 1. The first kappa shape index (κ1) is 7.65. The molecule has 1 aromatic rings. The molecule has 0 saturated carbocycles. The molecule has 0 spiro atoms. The van der Waals surface area contributed by atoms with E-state index in [1.807, 2.05) is 0 Å². The largest absolute Gasteiger partial charge is 0.368 e. The molecule has 1 rings (SSSR count). The molecule has 1 heterocycles. The van der Waals surface area contributed by atoms with Gasteiger partial charge in [0.25, 0.3) is 0 Å². The average Bonchev–Trinajstić information content (AvgIpc) is 2.03. The number of nitrogen functional groups attached to an aromatic ring is 1. The Labute approximate surface area is 64.5 Å². The van der Waals surface area contributed by atoms with Gasteiger partial charge in [0.2, 0.25) is 5.95 Å². The van der Waals surface area contributed by atoms with E-state index in [2.05, 4.69) is 9.97 Å². The van der Waals surface area contributed by atoms with Crippen LogP contribution in [-0.2, 0) is 0 Å². The number of nitrogens with zero attached hydrogens (tertiary/aromatic N) is 2. The predicted octanol–water partition coefficient (Wildman–Crippen LogP) is 0.652. The third-order valence-corrected chi connectivity index (χ3v) is 1.28. The molecule has 0 saturated heterocycles. The lowest BCUT2D eigenvalue weighted by Crippen LogP contribution is -2.03. The van der Waals surface area contributed by atoms with Gasteiger partial charge in [0, 0.05) is 12.6 Å². The van der Waals surface area contributed by atoms with Crippen LogP contribution in [-0.4, -0.2) is 15.8 Å². The van der Waals surface area contributed by atoms with Gasteiger partial charge in [-0.15, -0.1) is 0 Å². The quantitative estimate of drug-likeness (QED) is 0.630. The molecule has 0 aromatic carbocycles. The van der Waals surface area contributed by atoms with Gasteiger partial charge in [-0.3, -0.25) is 4.79 Å². The number of rotatable bonds is 2. The van der Waals surface area contributed by atoms with Crippen molar-refractivity contribution in [1.29, 1.82) is 0 Å². The summed E-state index contributed by atoms with van der Waals surface area (Å²) in [4.78, 5) is 18.5. The van der Waals surface area contributed by atoms with Crippen molar-refractivity contribution >= 4 is 11.7 Å². The molecule has 0 bridgehead atoms. The first-order chi connectivity index (χ1) is 5.24. The lowest BCUT2D eigenvalue weighted by molar-refractivity contribution is 0.0983. The number of carbonyl (C=O) groups excluding carboxylic acids is 1. The zero-order chi connectivity index (χ0) is 8.27. The predicted molar refractivity (Wildman–Crippen MR) is 41.1 cm³/mol. The highest BCUT2D eigenvalue weighted by molar-refractivity contribution is 5.94. The monoisotopic (exact) mass is 151 g/mol. The standard InChI is InChI=1S/C7H9N3O/c1-2-6(11)5-3-4-9-7(8)10-5/h3-4H,2H2,1H3,(H2,8,9,10). The minimum Gasteiger partial charge on any atom is -0.368 e. The summed E-state index contributed by atoms with van der Waals surface area (Å²) in [5.74, 6) is 0.128. The van der Waals surface area contributed by atoms with E-state index in [4.69, 9.17) is 5.73 Å². The lowest BCUT2D eigenvalue weighted by atomic mass is 10.2. The van der Waals surface area contributed by atoms with Crippen molar-refractivity contribution in [2.75, 3.05) is 5.73 Å². The molecular formula is C7H9N3O. The molecule has 2 N–H and O–H groups in total. The van der Waals surface area contributed by atoms with E-state index in [0.29, 0.717) is 12.1 Å². The van der Waals surface area contributed by atoms with Gasteiger partial charge < -0.3 is 5.73 Å². The van der Waals surface area contributed by atoms with Gasteiger partial charge in [-0.05, 0) is 6.07 Å². The van der Waals surface area contributed by atoms with Crippen LogP contribution in [0.1, 0.15) is 23.8 Å². The van der Waals surface area contributed by atoms with Crippen molar-refractivity contribution < 1.29 is 4.79 Å². The summed E-state index contributed by atoms with van der Waals surface area (Å²) in [7, 11) is 0. The van der Waals surface area contributed by atoms with Crippen molar-refractivity contribution in [3.05, 3.63) is 18.0 Å². The molecule has 0 radical (unpaired) electrons. The van der Waals surface area contributed by atoms with Gasteiger partial charge in [-0.25, -0.2) is 9.97 Å². The molecule has 58 valence electrons. The first-order valence-corrected chi connectivity index (χ1v) is 3.35. The molecule has 4 heteroatoms. The Morgan fingerprint density at radius 2 is 2.45 bits per heavy atom. The maximum Gasteiger partial charge on any atom is 0.220 e. The van der Waals surface area contributed by atoms with Crippen LogP contribution < -0.4 is 5.73 Å². The highest BCUT2D eigenvalue weighted by atomic mass is 16.1. The van der Waals surface area contributed by atoms with Crippen LogP contribution in [0, 0.1) is 0 Å². The Morgan fingerprint density at radius 1 is 1.73 bits per heavy atom. The molecule has 0 unspecified atom stereocenters. The van der Waals surface area contributed by atoms with Gasteiger partial charge in [0.1, 0.15) is 5.69 Å². The van der Waals surface area contributed by atoms with Gasteiger partial charge in [-0.1, -0.05) is 6.92 Å². The number of nitrogens with two attached hydrogens (primary N) is 1. The summed E-state index contributed by atoms with van der Waals surface area (Å²) in [6, 6.07) is 1.56. The molecule has 0 atom stereocenters. The highest BCUT2D eigenvalue weighted by Gasteiger charge is 2.03. The summed E-state index contributed by atoms with van der Waals surface area (Å²) in [6.45, 7) is 1.78. The van der Waals surface area contributed by atoms with E-state index in [9.17, 15) is 4.79 Å². The van der Waals surface area contributed by atoms with Gasteiger partial charge in [-0.2, -0.15) is 0 Å². The van der Waals surface area contributed by atoms with Gasteiger partial charge in [0.05, 0.1) is 0 Å². The first-order valence-electron chi connectivity index (χ1n) is 3.35. The summed E-state index contributed by atoms with van der Waals surface area (Å²) in [6.07, 6.45) is 1.92. The Hall–Kier alpha value is -1.45. The smallest absolute Gasteiger partial charge is 0.220 e. The van der Waals surface area contributed by atoms with Crippen LogP contribution in [0.15, 0.2) is 12.3 Å². The topological polar surface area (TPSA) is 68.9 Å². The van der Waals surface area contributed by atoms with Crippen molar-refractivity contribution in [2.45, 2.75) is 13.3 Å². The molecule has 0 aliphatic heterocycles. The zero-order valence-corrected chi connectivity index (χ0v) is 6.24. The number of Topliss-reactive ketones (excluding diaryl/α,β-unsaturated/α-hetero) is 1. The molecule has 1 aromatic heterocycles. The lowest BCUT2D eigenvalue weighted by Gasteiger charge is -1.95. The summed E-state index contributed by atoms with van der Waals surface area (Å²) >= 11 is 0. The van der Waals surface area contributed by atoms with E-state index in [1.165, 1.54) is 6.20 Å². The Bertz CT molecular complexity index is 272. The van der Waals surface area contributed by atoms with Gasteiger partial charge in [0.15, 0.2) is 5.78 Å². The van der Waals surface area contributed by atoms with Crippen LogP contribution in [0.3, 0.4) is 0 Å². The molecular weight excluding hydrogens is 142 g/mol. The molecule has 0 aliphatic carbocycles. The van der Waals surface area contributed by atoms with Crippen molar-refractivity contribution in [3.8, 4) is 0 Å². The van der Waals surface area contributed by atoms with Gasteiger partial charge >= 0.3 is 0 Å². The molecule has 11 heavy (non-hydrogen) atoms. The maximum absolute atomic E-state index is 11.0. The van der Waals surface area contributed by atoms with E-state index in [-0.39, 0.29) is 11.7 Å². The van der Waals surface area contributed by atoms with E-state index in [0.717, 1.165) is 0 Å². The molecule has 4 nitrogen and oxygen atoms in total. The Balaban J connectivity index is 2.96. The third-order valence-electron chi connectivity index (χ3n) is 1.28. The van der Waals surface area contributed by atoms with Crippen LogP contribution in [0.5, 0.6) is 0 Å². The maximum atomic E-state index is 11.0. The average molecular weight is 151 g/mol. The minimum absolute atomic E-state index is 0.0147. The molecule has 0 aliphatic rings. The Morgan fingerprint density at radius 3 is 3.00 bits per heavy atom. The summed E-state index contributed by atoms with van der Waals surface area (Å²) in [5, 5.41) is 0. The highest BCUT2D eigenvalue weighted by Crippen LogP contribution is 1.99. The summed E-state index contributed by atoms with van der Waals surface area (Å²) in [5.41, 5.74) is 5.67. The fourth-order valence-electron chi connectivity index (χ4n) is 0.710. The third kappa shape index (κ3) is 1.73. The fraction of sp³-hybridized carbons (Fsp3) is 0.286. The summed E-state index contributed by atoms with van der Waals surface area (Å²) < 4.78 is 0. The molecule has 0 amide bonds. The van der Waals surface area contributed by atoms with Crippen molar-refractivity contribution in [1.82, 2.24) is 9.97 Å². The van der Waals surface area contributed by atoms with Crippen LogP contribution in [0.2, 0.25) is 0 Å². The molecule has 0 fully saturated rings. The van der Waals surface area contributed by atoms with Crippen LogP contribution in [0.4, 0.5) is 5.95 Å². The van der Waals surface area contributed by atoms with E-state index < -0.39 is 0 Å². The number of anilines is 1. The second kappa shape index (κ2) is 3.09. The number of hydrogen-bond acceptors (Lipinski definition) is 4. The second-order valence-electron chi connectivity index (χ2n) is 2.08. The fourth-order valence-corrected chi connectivity index (χ4v) is 0.710. The zero-order valence-electron chi connectivity index (χ0n) is 6.24. The number of hydrogen-bond donors (Lipinski definition) is 1.